The van der Waals surface area contributed by atoms with Crippen molar-refractivity contribution in [2.24, 2.45) is 5.92 Å². The first kappa shape index (κ1) is 21.2. The Morgan fingerprint density at radius 1 is 1.13 bits per heavy atom. The average molecular weight is 441 g/mol. The summed E-state index contributed by atoms with van der Waals surface area (Å²) in [6.07, 6.45) is 1.35. The molecule has 0 aliphatic carbocycles. The van der Waals surface area contributed by atoms with E-state index in [0.717, 1.165) is 16.9 Å². The quantitative estimate of drug-likeness (QED) is 0.509. The van der Waals surface area contributed by atoms with Crippen LogP contribution in [-0.2, 0) is 27.3 Å². The topological polar surface area (TPSA) is 84.0 Å². The highest BCUT2D eigenvalue weighted by molar-refractivity contribution is 7.10. The predicted octanol–water partition coefficient (Wildman–Crippen LogP) is 2.89. The van der Waals surface area contributed by atoms with Gasteiger partial charge in [0.05, 0.1) is 11.1 Å². The number of amides is 3. The molecule has 0 unspecified atom stereocenters. The van der Waals surface area contributed by atoms with Gasteiger partial charge in [0.15, 0.2) is 6.61 Å². The number of ether oxygens (including phenoxy) is 1. The largest absolute Gasteiger partial charge is 0.454 e. The van der Waals surface area contributed by atoms with Crippen molar-refractivity contribution in [3.8, 4) is 0 Å². The van der Waals surface area contributed by atoms with E-state index < -0.39 is 30.4 Å². The minimum absolute atomic E-state index is 0.282. The zero-order valence-electron chi connectivity index (χ0n) is 17.5. The van der Waals surface area contributed by atoms with Crippen molar-refractivity contribution in [3.05, 3.63) is 57.3 Å². The Hall–Kier alpha value is -3.00. The Labute approximate surface area is 184 Å². The number of carbonyl (C=O) groups excluding carboxylic acids is 4. The van der Waals surface area contributed by atoms with Crippen LogP contribution in [-0.4, -0.2) is 52.7 Å². The normalized spacial score (nSPS) is 17.2. The molecule has 0 saturated carbocycles. The van der Waals surface area contributed by atoms with Gasteiger partial charge in [0.2, 0.25) is 0 Å². The Balaban J connectivity index is 1.45. The van der Waals surface area contributed by atoms with Gasteiger partial charge in [-0.05, 0) is 41.5 Å². The van der Waals surface area contributed by atoms with Gasteiger partial charge in [-0.3, -0.25) is 19.3 Å². The van der Waals surface area contributed by atoms with Crippen LogP contribution in [0.5, 0.6) is 0 Å². The lowest BCUT2D eigenvalue weighted by molar-refractivity contribution is -0.157. The molecule has 4 rings (SSSR count). The average Bonchev–Trinajstić information content (AvgIpc) is 3.35. The third-order valence-corrected chi connectivity index (χ3v) is 7.05. The molecule has 162 valence electrons. The van der Waals surface area contributed by atoms with Crippen molar-refractivity contribution in [2.75, 3.05) is 13.2 Å². The number of carbonyl (C=O) groups is 4. The van der Waals surface area contributed by atoms with Gasteiger partial charge in [-0.2, -0.15) is 0 Å². The number of imide groups is 1. The molecule has 0 fully saturated rings. The predicted molar refractivity (Wildman–Crippen MR) is 115 cm³/mol. The van der Waals surface area contributed by atoms with Crippen LogP contribution in [0.3, 0.4) is 0 Å². The standard InChI is InChI=1S/C23H24N2O5S/c1-3-14(2)20(25-21(27)16-6-4-5-7-17(16)22(25)28)23(29)30-13-19(26)24-10-8-18-15(12-24)9-11-31-18/h4-7,9,11,14,20H,3,8,10,12-13H2,1-2H3/t14-,20-/m0/s1. The van der Waals surface area contributed by atoms with Gasteiger partial charge >= 0.3 is 5.97 Å². The van der Waals surface area contributed by atoms with E-state index >= 15 is 0 Å². The zero-order chi connectivity index (χ0) is 22.1. The van der Waals surface area contributed by atoms with E-state index in [1.165, 1.54) is 4.88 Å². The van der Waals surface area contributed by atoms with Crippen LogP contribution in [0.15, 0.2) is 35.7 Å². The summed E-state index contributed by atoms with van der Waals surface area (Å²) in [5, 5.41) is 2.01. The number of hydrogen-bond acceptors (Lipinski definition) is 6. The van der Waals surface area contributed by atoms with E-state index in [-0.39, 0.29) is 23.0 Å². The van der Waals surface area contributed by atoms with Gasteiger partial charge in [-0.1, -0.05) is 32.4 Å². The van der Waals surface area contributed by atoms with E-state index in [9.17, 15) is 19.2 Å². The third-order valence-electron chi connectivity index (χ3n) is 6.03. The highest BCUT2D eigenvalue weighted by Crippen LogP contribution is 2.29. The van der Waals surface area contributed by atoms with Gasteiger partial charge in [-0.25, -0.2) is 4.79 Å². The number of rotatable bonds is 6. The molecule has 0 bridgehead atoms. The molecule has 3 amide bonds. The number of hydrogen-bond donors (Lipinski definition) is 0. The van der Waals surface area contributed by atoms with Crippen LogP contribution in [0, 0.1) is 5.92 Å². The summed E-state index contributed by atoms with van der Waals surface area (Å²) in [7, 11) is 0. The molecule has 2 aromatic rings. The SMILES string of the molecule is CC[C@H](C)[C@@H](C(=O)OCC(=O)N1CCc2sccc2C1)N1C(=O)c2ccccc2C1=O. The first-order chi connectivity index (χ1) is 14.9. The molecule has 2 aliphatic rings. The van der Waals surface area contributed by atoms with Crippen LogP contribution < -0.4 is 0 Å². The number of nitrogens with zero attached hydrogens (tertiary/aromatic N) is 2. The lowest BCUT2D eigenvalue weighted by Crippen LogP contribution is -2.50. The Bertz CT molecular complexity index is 1010. The Morgan fingerprint density at radius 2 is 1.81 bits per heavy atom. The van der Waals surface area contributed by atoms with Crippen LogP contribution >= 0.6 is 11.3 Å². The number of benzene rings is 1. The van der Waals surface area contributed by atoms with E-state index in [1.54, 1.807) is 47.4 Å². The van der Waals surface area contributed by atoms with Gasteiger partial charge in [0, 0.05) is 18.0 Å². The summed E-state index contributed by atoms with van der Waals surface area (Å²) in [6.45, 7) is 4.34. The maximum absolute atomic E-state index is 13.0. The van der Waals surface area contributed by atoms with Crippen LogP contribution in [0.4, 0.5) is 0 Å². The van der Waals surface area contributed by atoms with Crippen molar-refractivity contribution in [2.45, 2.75) is 39.3 Å². The third kappa shape index (κ3) is 3.87. The van der Waals surface area contributed by atoms with E-state index in [4.69, 9.17) is 4.74 Å². The fourth-order valence-electron chi connectivity index (χ4n) is 4.05. The second-order valence-electron chi connectivity index (χ2n) is 7.90. The van der Waals surface area contributed by atoms with E-state index in [2.05, 4.69) is 0 Å². The van der Waals surface area contributed by atoms with E-state index in [1.807, 2.05) is 18.4 Å². The van der Waals surface area contributed by atoms with Crippen LogP contribution in [0.25, 0.3) is 0 Å². The van der Waals surface area contributed by atoms with E-state index in [0.29, 0.717) is 19.5 Å². The van der Waals surface area contributed by atoms with Crippen molar-refractivity contribution in [1.29, 1.82) is 0 Å². The zero-order valence-corrected chi connectivity index (χ0v) is 18.3. The Kier molecular flexibility index (Phi) is 5.91. The van der Waals surface area contributed by atoms with Gasteiger partial charge in [0.1, 0.15) is 6.04 Å². The fraction of sp³-hybridized carbons (Fsp3) is 0.391. The monoisotopic (exact) mass is 440 g/mol. The first-order valence-corrected chi connectivity index (χ1v) is 11.3. The van der Waals surface area contributed by atoms with Crippen molar-refractivity contribution in [1.82, 2.24) is 9.80 Å². The fourth-order valence-corrected chi connectivity index (χ4v) is 4.94. The summed E-state index contributed by atoms with van der Waals surface area (Å²) in [6, 6.07) is 7.45. The number of esters is 1. The highest BCUT2D eigenvalue weighted by Gasteiger charge is 2.45. The molecular formula is C23H24N2O5S. The van der Waals surface area contributed by atoms with Crippen LogP contribution in [0.1, 0.15) is 51.4 Å². The molecule has 0 N–H and O–H groups in total. The molecule has 7 nitrogen and oxygen atoms in total. The minimum atomic E-state index is -1.07. The molecule has 1 aromatic carbocycles. The van der Waals surface area contributed by atoms with Gasteiger partial charge < -0.3 is 9.64 Å². The summed E-state index contributed by atoms with van der Waals surface area (Å²) in [4.78, 5) is 55.3. The smallest absolute Gasteiger partial charge is 0.330 e. The first-order valence-electron chi connectivity index (χ1n) is 10.4. The lowest BCUT2D eigenvalue weighted by atomic mass is 9.97. The Morgan fingerprint density at radius 3 is 2.45 bits per heavy atom. The number of thiophene rings is 1. The maximum Gasteiger partial charge on any atom is 0.330 e. The molecule has 2 atom stereocenters. The summed E-state index contributed by atoms with van der Waals surface area (Å²) in [5.74, 6) is -2.33. The summed E-state index contributed by atoms with van der Waals surface area (Å²) >= 11 is 1.68. The van der Waals surface area contributed by atoms with Gasteiger partial charge in [0.25, 0.3) is 17.7 Å². The number of fused-ring (bicyclic) bond motifs is 2. The molecule has 2 aliphatic heterocycles. The summed E-state index contributed by atoms with van der Waals surface area (Å²) in [5.41, 5.74) is 1.69. The molecule has 0 spiro atoms. The molecule has 0 saturated heterocycles. The minimum Gasteiger partial charge on any atom is -0.454 e. The molecular weight excluding hydrogens is 416 g/mol. The summed E-state index contributed by atoms with van der Waals surface area (Å²) < 4.78 is 5.35. The van der Waals surface area contributed by atoms with Crippen molar-refractivity contribution in [3.63, 3.8) is 0 Å². The van der Waals surface area contributed by atoms with Crippen molar-refractivity contribution >= 4 is 35.0 Å². The molecule has 0 radical (unpaired) electrons. The molecule has 31 heavy (non-hydrogen) atoms. The molecule has 8 heteroatoms. The lowest BCUT2D eigenvalue weighted by Gasteiger charge is -2.30. The second-order valence-corrected chi connectivity index (χ2v) is 8.90. The second kappa shape index (κ2) is 8.63. The van der Waals surface area contributed by atoms with Gasteiger partial charge in [-0.15, -0.1) is 11.3 Å². The maximum atomic E-state index is 13.0. The molecule has 1 aromatic heterocycles. The van der Waals surface area contributed by atoms with Crippen molar-refractivity contribution < 1.29 is 23.9 Å². The molecule has 3 heterocycles. The highest BCUT2D eigenvalue weighted by atomic mass is 32.1. The van der Waals surface area contributed by atoms with Crippen LogP contribution in [0.2, 0.25) is 0 Å².